The van der Waals surface area contributed by atoms with Crippen LogP contribution in [0.2, 0.25) is 0 Å². The molecule has 2 N–H and O–H groups in total. The van der Waals surface area contributed by atoms with E-state index in [-0.39, 0.29) is 5.95 Å². The predicted octanol–water partition coefficient (Wildman–Crippen LogP) is 1.42. The van der Waals surface area contributed by atoms with Gasteiger partial charge >= 0.3 is 0 Å². The third kappa shape index (κ3) is 3.34. The van der Waals surface area contributed by atoms with Gasteiger partial charge in [0.05, 0.1) is 11.4 Å². The lowest BCUT2D eigenvalue weighted by atomic mass is 10.4. The first kappa shape index (κ1) is 13.6. The molecule has 0 unspecified atom stereocenters. The third-order valence-corrected chi connectivity index (χ3v) is 3.24. The lowest BCUT2D eigenvalue weighted by molar-refractivity contribution is 0.431. The maximum absolute atomic E-state index is 5.66. The van der Waals surface area contributed by atoms with Crippen LogP contribution in [-0.2, 0) is 5.75 Å². The molecule has 0 bridgehead atoms. The molecular formula is C11H16N6OS. The van der Waals surface area contributed by atoms with Crippen molar-refractivity contribution >= 4 is 23.7 Å². The van der Waals surface area contributed by atoms with Crippen LogP contribution in [0.25, 0.3) is 0 Å². The van der Waals surface area contributed by atoms with Crippen molar-refractivity contribution in [3.05, 3.63) is 17.3 Å². The number of nitrogen functional groups attached to an aromatic ring is 1. The molecule has 0 aliphatic heterocycles. The molecule has 0 saturated carbocycles. The molecule has 2 aromatic rings. The number of nitrogens with two attached hydrogens (primary N) is 1. The Hall–Kier alpha value is -1.83. The Balaban J connectivity index is 2.11. The first-order chi connectivity index (χ1) is 8.95. The normalized spacial score (nSPS) is 10.7. The second-order valence-corrected chi connectivity index (χ2v) is 5.14. The fraction of sp³-hybridized carbons (Fsp3) is 0.455. The molecule has 0 spiro atoms. The first-order valence-corrected chi connectivity index (χ1v) is 6.69. The smallest absolute Gasteiger partial charge is 0.256 e. The molecule has 0 radical (unpaired) electrons. The number of oxazole rings is 1. The van der Waals surface area contributed by atoms with E-state index < -0.39 is 0 Å². The van der Waals surface area contributed by atoms with Crippen molar-refractivity contribution in [1.29, 1.82) is 0 Å². The molecule has 0 atom stereocenters. The Morgan fingerprint density at radius 2 is 1.89 bits per heavy atom. The highest BCUT2D eigenvalue weighted by molar-refractivity contribution is 7.98. The molecule has 2 rings (SSSR count). The Kier molecular flexibility index (Phi) is 3.89. The number of hydrogen-bond donors (Lipinski definition) is 1. The van der Waals surface area contributed by atoms with Crippen LogP contribution in [-0.4, -0.2) is 34.0 Å². The highest BCUT2D eigenvalue weighted by Crippen LogP contribution is 2.23. The molecule has 0 amide bonds. The second-order valence-electron chi connectivity index (χ2n) is 4.21. The van der Waals surface area contributed by atoms with E-state index in [1.807, 2.05) is 27.9 Å². The summed E-state index contributed by atoms with van der Waals surface area (Å²) in [6.07, 6.45) is 0. The molecule has 2 heterocycles. The molecule has 8 heteroatoms. The van der Waals surface area contributed by atoms with Crippen molar-refractivity contribution in [2.75, 3.05) is 24.7 Å². The van der Waals surface area contributed by atoms with Crippen molar-refractivity contribution < 1.29 is 4.42 Å². The van der Waals surface area contributed by atoms with Crippen molar-refractivity contribution in [3.8, 4) is 0 Å². The van der Waals surface area contributed by atoms with Gasteiger partial charge in [-0.15, -0.1) is 0 Å². The van der Waals surface area contributed by atoms with Crippen LogP contribution in [0.15, 0.2) is 9.64 Å². The van der Waals surface area contributed by atoms with Crippen molar-refractivity contribution in [3.63, 3.8) is 0 Å². The fourth-order valence-corrected chi connectivity index (χ4v) is 2.09. The summed E-state index contributed by atoms with van der Waals surface area (Å²) in [7, 11) is 3.71. The van der Waals surface area contributed by atoms with Crippen molar-refractivity contribution in [2.24, 2.45) is 0 Å². The highest BCUT2D eigenvalue weighted by Gasteiger charge is 2.10. The number of thioether (sulfide) groups is 1. The van der Waals surface area contributed by atoms with E-state index in [1.165, 1.54) is 11.8 Å². The maximum atomic E-state index is 5.66. The summed E-state index contributed by atoms with van der Waals surface area (Å²) in [5, 5.41) is 0.611. The SMILES string of the molecule is Cc1nc(SCc2nc(N)nc(N(C)C)n2)oc1C. The Labute approximate surface area is 115 Å². The van der Waals surface area contributed by atoms with E-state index in [2.05, 4.69) is 19.9 Å². The second kappa shape index (κ2) is 5.43. The summed E-state index contributed by atoms with van der Waals surface area (Å²) < 4.78 is 5.48. The summed E-state index contributed by atoms with van der Waals surface area (Å²) in [5.41, 5.74) is 6.55. The van der Waals surface area contributed by atoms with Gasteiger partial charge in [0.15, 0.2) is 0 Å². The monoisotopic (exact) mass is 280 g/mol. The zero-order valence-corrected chi connectivity index (χ0v) is 12.2. The van der Waals surface area contributed by atoms with Crippen LogP contribution in [0.3, 0.4) is 0 Å². The van der Waals surface area contributed by atoms with E-state index in [0.717, 1.165) is 11.5 Å². The summed E-state index contributed by atoms with van der Waals surface area (Å²) in [6, 6.07) is 0. The summed E-state index contributed by atoms with van der Waals surface area (Å²) in [4.78, 5) is 18.5. The Morgan fingerprint density at radius 1 is 1.16 bits per heavy atom. The molecule has 7 nitrogen and oxygen atoms in total. The molecule has 102 valence electrons. The predicted molar refractivity (Wildman–Crippen MR) is 74.1 cm³/mol. The number of aromatic nitrogens is 4. The number of nitrogens with zero attached hydrogens (tertiary/aromatic N) is 5. The van der Waals surface area contributed by atoms with Gasteiger partial charge in [0.2, 0.25) is 11.9 Å². The fourth-order valence-electron chi connectivity index (χ4n) is 1.32. The molecule has 0 aromatic carbocycles. The van der Waals surface area contributed by atoms with Gasteiger partial charge in [0.1, 0.15) is 11.6 Å². The van der Waals surface area contributed by atoms with Gasteiger partial charge in [0, 0.05) is 14.1 Å². The van der Waals surface area contributed by atoms with Gasteiger partial charge in [-0.2, -0.15) is 15.0 Å². The lowest BCUT2D eigenvalue weighted by Crippen LogP contribution is -2.15. The van der Waals surface area contributed by atoms with Gasteiger partial charge in [-0.05, 0) is 13.8 Å². The zero-order valence-electron chi connectivity index (χ0n) is 11.3. The van der Waals surface area contributed by atoms with Crippen LogP contribution >= 0.6 is 11.8 Å². The third-order valence-electron chi connectivity index (χ3n) is 2.42. The van der Waals surface area contributed by atoms with Gasteiger partial charge in [-0.1, -0.05) is 11.8 Å². The van der Waals surface area contributed by atoms with Crippen LogP contribution in [0, 0.1) is 13.8 Å². The molecular weight excluding hydrogens is 264 g/mol. The first-order valence-electron chi connectivity index (χ1n) is 5.70. The topological polar surface area (TPSA) is 94.0 Å². The van der Waals surface area contributed by atoms with Crippen molar-refractivity contribution in [1.82, 2.24) is 19.9 Å². The van der Waals surface area contributed by atoms with E-state index in [9.17, 15) is 0 Å². The summed E-state index contributed by atoms with van der Waals surface area (Å²) in [5.74, 6) is 2.73. The number of hydrogen-bond acceptors (Lipinski definition) is 8. The van der Waals surface area contributed by atoms with Crippen molar-refractivity contribution in [2.45, 2.75) is 24.8 Å². The van der Waals surface area contributed by atoms with Crippen LogP contribution in [0.1, 0.15) is 17.3 Å². The number of anilines is 2. The van der Waals surface area contributed by atoms with E-state index in [0.29, 0.717) is 22.7 Å². The van der Waals surface area contributed by atoms with E-state index in [1.54, 1.807) is 4.90 Å². The average molecular weight is 280 g/mol. The van der Waals surface area contributed by atoms with Crippen LogP contribution in [0.4, 0.5) is 11.9 Å². The van der Waals surface area contributed by atoms with Crippen LogP contribution < -0.4 is 10.6 Å². The van der Waals surface area contributed by atoms with Crippen LogP contribution in [0.5, 0.6) is 0 Å². The zero-order chi connectivity index (χ0) is 14.0. The van der Waals surface area contributed by atoms with E-state index in [4.69, 9.17) is 10.2 Å². The summed E-state index contributed by atoms with van der Waals surface area (Å²) in [6.45, 7) is 3.80. The average Bonchev–Trinajstić information content (AvgIpc) is 2.65. The molecule has 0 aliphatic rings. The quantitative estimate of drug-likeness (QED) is 0.840. The highest BCUT2D eigenvalue weighted by atomic mass is 32.2. The lowest BCUT2D eigenvalue weighted by Gasteiger charge is -2.10. The maximum Gasteiger partial charge on any atom is 0.256 e. The molecule has 0 aliphatic carbocycles. The largest absolute Gasteiger partial charge is 0.437 e. The van der Waals surface area contributed by atoms with E-state index >= 15 is 0 Å². The minimum Gasteiger partial charge on any atom is -0.437 e. The Bertz CT molecular complexity index is 563. The molecule has 19 heavy (non-hydrogen) atoms. The number of rotatable bonds is 4. The van der Waals surface area contributed by atoms with Gasteiger partial charge in [-0.3, -0.25) is 0 Å². The molecule has 0 fully saturated rings. The molecule has 2 aromatic heterocycles. The minimum absolute atomic E-state index is 0.217. The molecule has 0 saturated heterocycles. The minimum atomic E-state index is 0.217. The van der Waals surface area contributed by atoms with Gasteiger partial charge in [-0.25, -0.2) is 4.98 Å². The van der Waals surface area contributed by atoms with Gasteiger partial charge < -0.3 is 15.1 Å². The number of aryl methyl sites for hydroxylation is 2. The standard InChI is InChI=1S/C11H16N6OS/c1-6-7(2)18-11(13-6)19-5-8-14-9(12)16-10(15-8)17(3)4/h5H2,1-4H3,(H2,12,14,15,16). The van der Waals surface area contributed by atoms with Gasteiger partial charge in [0.25, 0.3) is 5.22 Å². The summed E-state index contributed by atoms with van der Waals surface area (Å²) >= 11 is 1.43. The Morgan fingerprint density at radius 3 is 2.47 bits per heavy atom.